The molecule has 176 valence electrons. The van der Waals surface area contributed by atoms with Crippen molar-refractivity contribution >= 4 is 19.5 Å². The Bertz CT molecular complexity index is 582. The lowest BCUT2D eigenvalue weighted by atomic mass is 9.91. The van der Waals surface area contributed by atoms with Crippen molar-refractivity contribution < 1.29 is 78.8 Å². The van der Waals surface area contributed by atoms with Crippen molar-refractivity contribution in [3.05, 3.63) is 0 Å². The van der Waals surface area contributed by atoms with Crippen LogP contribution in [-0.2, 0) is 4.12 Å². The van der Waals surface area contributed by atoms with Crippen LogP contribution in [0.5, 0.6) is 0 Å². The first-order chi connectivity index (χ1) is 12.3. The molecule has 0 N–H and O–H groups in total. The van der Waals surface area contributed by atoms with Crippen LogP contribution in [0, 0.1) is 0 Å². The number of hydrogen-bond acceptors (Lipinski definition) is 1. The lowest BCUT2D eigenvalue weighted by molar-refractivity contribution is -0.458. The second kappa shape index (κ2) is 7.41. The summed E-state index contributed by atoms with van der Waals surface area (Å²) in [5, 5.41) is 0. The molecular weight excluding hydrogens is 503 g/mol. The molecule has 0 aromatic rings. The summed E-state index contributed by atoms with van der Waals surface area (Å²) in [4.78, 5) is 0. The van der Waals surface area contributed by atoms with E-state index in [1.54, 1.807) is 0 Å². The molecule has 0 spiro atoms. The molecule has 0 rings (SSSR count). The standard InChI is InChI=1S/C9H7F17OSi2/c1-28-27-29-9(25,26)7(20,21)5(16,17)3(12,13)2(10,11)4(14,15)6(18,19)8(22,23)24/h28-29H2,1H3. The molecule has 0 aliphatic rings. The van der Waals surface area contributed by atoms with Crippen LogP contribution < -0.4 is 0 Å². The molecule has 0 saturated heterocycles. The van der Waals surface area contributed by atoms with E-state index in [0.29, 0.717) is 0 Å². The smallest absolute Gasteiger partial charge is 0.460 e. The van der Waals surface area contributed by atoms with Crippen molar-refractivity contribution in [2.45, 2.75) is 53.8 Å². The van der Waals surface area contributed by atoms with Crippen LogP contribution >= 0.6 is 0 Å². The highest BCUT2D eigenvalue weighted by molar-refractivity contribution is 6.43. The van der Waals surface area contributed by atoms with Crippen molar-refractivity contribution in [3.8, 4) is 0 Å². The zero-order valence-electron chi connectivity index (χ0n) is 13.2. The highest BCUT2D eigenvalue weighted by Crippen LogP contribution is 2.63. The summed E-state index contributed by atoms with van der Waals surface area (Å²) < 4.78 is 222. The van der Waals surface area contributed by atoms with Crippen LogP contribution in [0.15, 0.2) is 0 Å². The lowest BCUT2D eigenvalue weighted by Crippen LogP contribution is -2.75. The van der Waals surface area contributed by atoms with Gasteiger partial charge in [0, 0.05) is 0 Å². The molecule has 29 heavy (non-hydrogen) atoms. The minimum Gasteiger partial charge on any atom is -0.461 e. The molecule has 0 aliphatic carbocycles. The Morgan fingerprint density at radius 3 is 1.00 bits per heavy atom. The highest BCUT2D eigenvalue weighted by atomic mass is 28.3. The average molecular weight is 510 g/mol. The van der Waals surface area contributed by atoms with Crippen LogP contribution in [0.4, 0.5) is 74.6 Å². The number of halogens is 17. The fraction of sp³-hybridized carbons (Fsp3) is 1.00. The summed E-state index contributed by atoms with van der Waals surface area (Å²) >= 11 is 0. The van der Waals surface area contributed by atoms with E-state index >= 15 is 0 Å². The van der Waals surface area contributed by atoms with E-state index in [-0.39, 0.29) is 0 Å². The van der Waals surface area contributed by atoms with E-state index in [1.165, 1.54) is 0 Å². The van der Waals surface area contributed by atoms with Crippen LogP contribution in [0.2, 0.25) is 6.55 Å². The molecule has 0 atom stereocenters. The summed E-state index contributed by atoms with van der Waals surface area (Å²) in [7, 11) is -6.29. The van der Waals surface area contributed by atoms with Crippen molar-refractivity contribution in [2.75, 3.05) is 0 Å². The van der Waals surface area contributed by atoms with Gasteiger partial charge in [-0.3, -0.25) is 0 Å². The SMILES string of the molecule is C[SiH2]O[SiH2]C(F)(F)C(F)(F)C(F)(F)C(F)(F)C(F)(F)C(F)(F)C(F)(F)C(F)(F)F. The topological polar surface area (TPSA) is 9.23 Å². The molecule has 0 aliphatic heterocycles. The van der Waals surface area contributed by atoms with Crippen LogP contribution in [0.25, 0.3) is 0 Å². The van der Waals surface area contributed by atoms with Crippen LogP contribution in [-0.4, -0.2) is 66.8 Å². The van der Waals surface area contributed by atoms with E-state index in [1.807, 2.05) is 0 Å². The molecular formula is C9H7F17OSi2. The van der Waals surface area contributed by atoms with Gasteiger partial charge >= 0.3 is 47.3 Å². The summed E-state index contributed by atoms with van der Waals surface area (Å²) in [5.74, 6) is -49.5. The Morgan fingerprint density at radius 1 is 0.448 bits per heavy atom. The molecule has 0 radical (unpaired) electrons. The van der Waals surface area contributed by atoms with Gasteiger partial charge in [0.05, 0.1) is 0 Å². The second-order valence-corrected chi connectivity index (χ2v) is 8.67. The Morgan fingerprint density at radius 2 is 0.724 bits per heavy atom. The quantitative estimate of drug-likeness (QED) is 0.334. The van der Waals surface area contributed by atoms with Crippen molar-refractivity contribution in [1.82, 2.24) is 0 Å². The first-order valence-electron chi connectivity index (χ1n) is 6.60. The minimum absolute atomic E-state index is 0.946. The maximum Gasteiger partial charge on any atom is 0.460 e. The predicted octanol–water partition coefficient (Wildman–Crippen LogP) is 4.19. The first-order valence-corrected chi connectivity index (χ1v) is 9.88. The third-order valence-corrected chi connectivity index (χ3v) is 6.53. The van der Waals surface area contributed by atoms with Gasteiger partial charge in [-0.1, -0.05) is 6.55 Å². The molecule has 0 aromatic carbocycles. The molecule has 0 bridgehead atoms. The molecule has 0 aromatic heterocycles. The molecule has 0 fully saturated rings. The van der Waals surface area contributed by atoms with Gasteiger partial charge in [-0.25, -0.2) is 8.78 Å². The summed E-state index contributed by atoms with van der Waals surface area (Å²) in [6, 6.07) is 0. The Kier molecular flexibility index (Phi) is 7.21. The minimum atomic E-state index is -8.58. The monoisotopic (exact) mass is 510 g/mol. The molecule has 0 heterocycles. The molecule has 0 saturated carbocycles. The van der Waals surface area contributed by atoms with Gasteiger partial charge in [-0.15, -0.1) is 0 Å². The van der Waals surface area contributed by atoms with Gasteiger partial charge in [0.1, 0.15) is 9.76 Å². The van der Waals surface area contributed by atoms with Gasteiger partial charge in [-0.05, 0) is 0 Å². The Labute approximate surface area is 153 Å². The Balaban J connectivity index is 6.57. The molecule has 1 nitrogen and oxygen atoms in total. The molecule has 0 unspecified atom stereocenters. The van der Waals surface area contributed by atoms with Gasteiger partial charge in [0.15, 0.2) is 0 Å². The normalized spacial score (nSPS) is 17.2. The lowest BCUT2D eigenvalue weighted by Gasteiger charge is -2.42. The average Bonchev–Trinajstić information content (AvgIpc) is 2.50. The zero-order chi connectivity index (χ0) is 24.1. The fourth-order valence-corrected chi connectivity index (χ4v) is 3.76. The summed E-state index contributed by atoms with van der Waals surface area (Å²) in [5.41, 5.74) is -6.30. The van der Waals surface area contributed by atoms with Gasteiger partial charge in [0.25, 0.3) is 0 Å². The van der Waals surface area contributed by atoms with Crippen molar-refractivity contribution in [3.63, 3.8) is 0 Å². The van der Waals surface area contributed by atoms with E-state index in [2.05, 4.69) is 4.12 Å². The van der Waals surface area contributed by atoms with E-state index in [4.69, 9.17) is 0 Å². The first kappa shape index (κ1) is 28.2. The Hall–Kier alpha value is -0.796. The largest absolute Gasteiger partial charge is 0.461 e. The van der Waals surface area contributed by atoms with E-state index in [9.17, 15) is 74.6 Å². The van der Waals surface area contributed by atoms with E-state index < -0.39 is 66.8 Å². The third kappa shape index (κ3) is 3.83. The molecule has 20 heteroatoms. The highest BCUT2D eigenvalue weighted by Gasteiger charge is 2.95. The van der Waals surface area contributed by atoms with Gasteiger partial charge in [-0.2, -0.15) is 65.9 Å². The third-order valence-electron chi connectivity index (χ3n) is 3.27. The van der Waals surface area contributed by atoms with Crippen LogP contribution in [0.3, 0.4) is 0 Å². The van der Waals surface area contributed by atoms with Crippen molar-refractivity contribution in [1.29, 1.82) is 0 Å². The molecule has 0 amide bonds. The number of hydrogen-bond donors (Lipinski definition) is 0. The number of rotatable bonds is 9. The fourth-order valence-electron chi connectivity index (χ4n) is 1.52. The predicted molar refractivity (Wildman–Crippen MR) is 64.7 cm³/mol. The van der Waals surface area contributed by atoms with Crippen molar-refractivity contribution in [2.24, 2.45) is 0 Å². The van der Waals surface area contributed by atoms with Crippen LogP contribution in [0.1, 0.15) is 0 Å². The zero-order valence-corrected chi connectivity index (χ0v) is 16.1. The maximum atomic E-state index is 13.3. The maximum absolute atomic E-state index is 13.3. The summed E-state index contributed by atoms with van der Waals surface area (Å²) in [6.07, 6.45) is -7.75. The second-order valence-electron chi connectivity index (χ2n) is 5.29. The number of alkyl halides is 17. The van der Waals surface area contributed by atoms with Gasteiger partial charge < -0.3 is 4.12 Å². The van der Waals surface area contributed by atoms with E-state index in [0.717, 1.165) is 6.55 Å². The van der Waals surface area contributed by atoms with Gasteiger partial charge in [0.2, 0.25) is 9.76 Å². The summed E-state index contributed by atoms with van der Waals surface area (Å²) in [6.45, 7) is 0.946.